The molecule has 1 fully saturated rings. The van der Waals surface area contributed by atoms with Crippen molar-refractivity contribution in [2.75, 3.05) is 4.72 Å². The molecule has 0 radical (unpaired) electrons. The van der Waals surface area contributed by atoms with Crippen LogP contribution in [-0.4, -0.2) is 23.6 Å². The van der Waals surface area contributed by atoms with Crippen LogP contribution < -0.4 is 4.72 Å². The van der Waals surface area contributed by atoms with Gasteiger partial charge >= 0.3 is 0 Å². The van der Waals surface area contributed by atoms with Gasteiger partial charge in [-0.1, -0.05) is 48.8 Å². The van der Waals surface area contributed by atoms with Crippen LogP contribution in [0.1, 0.15) is 43.0 Å². The lowest BCUT2D eigenvalue weighted by atomic mass is 9.90. The van der Waals surface area contributed by atoms with E-state index < -0.39 is 10.0 Å². The van der Waals surface area contributed by atoms with Gasteiger partial charge in [0.2, 0.25) is 5.13 Å². The molecule has 1 N–H and O–H groups in total. The van der Waals surface area contributed by atoms with Crippen LogP contribution in [0.2, 0.25) is 0 Å². The first-order valence-electron chi connectivity index (χ1n) is 8.33. The van der Waals surface area contributed by atoms with E-state index >= 15 is 0 Å². The van der Waals surface area contributed by atoms with Crippen molar-refractivity contribution in [2.45, 2.75) is 42.9 Å². The Kier molecular flexibility index (Phi) is 4.39. The molecule has 6 nitrogen and oxygen atoms in total. The molecule has 1 saturated carbocycles. The summed E-state index contributed by atoms with van der Waals surface area (Å²) in [4.78, 5) is 4.37. The lowest BCUT2D eigenvalue weighted by molar-refractivity contribution is 0.440. The molecule has 25 heavy (non-hydrogen) atoms. The van der Waals surface area contributed by atoms with Crippen LogP contribution in [0.3, 0.4) is 0 Å². The Morgan fingerprint density at radius 2 is 1.84 bits per heavy atom. The first kappa shape index (κ1) is 16.4. The maximum Gasteiger partial charge on any atom is 0.265 e. The van der Waals surface area contributed by atoms with E-state index in [2.05, 4.69) is 19.9 Å². The summed E-state index contributed by atoms with van der Waals surface area (Å²) in [5, 5.41) is 10.3. The maximum absolute atomic E-state index is 12.8. The van der Waals surface area contributed by atoms with Gasteiger partial charge in [-0.15, -0.1) is 10.2 Å². The van der Waals surface area contributed by atoms with E-state index in [1.165, 1.54) is 30.6 Å². The predicted octanol–water partition coefficient (Wildman–Crippen LogP) is 3.93. The third-order valence-electron chi connectivity index (χ3n) is 4.50. The number of hydrogen-bond acceptors (Lipinski definition) is 6. The van der Waals surface area contributed by atoms with Crippen molar-refractivity contribution >= 4 is 37.4 Å². The number of aromatic nitrogens is 3. The SMILES string of the molecule is O=S(=O)(Nc1nnc(C2CCCCC2)s1)c1cccc2cccnc12. The van der Waals surface area contributed by atoms with Gasteiger partial charge in [0.05, 0.1) is 5.52 Å². The fourth-order valence-electron chi connectivity index (χ4n) is 3.25. The Balaban J connectivity index is 1.62. The van der Waals surface area contributed by atoms with Gasteiger partial charge in [0.15, 0.2) is 0 Å². The lowest BCUT2D eigenvalue weighted by Gasteiger charge is -2.18. The van der Waals surface area contributed by atoms with Crippen molar-refractivity contribution in [3.8, 4) is 0 Å². The summed E-state index contributed by atoms with van der Waals surface area (Å²) in [5.41, 5.74) is 0.453. The number of pyridine rings is 1. The second kappa shape index (κ2) is 6.68. The topological polar surface area (TPSA) is 84.8 Å². The van der Waals surface area contributed by atoms with Crippen LogP contribution in [0.5, 0.6) is 0 Å². The van der Waals surface area contributed by atoms with Gasteiger partial charge < -0.3 is 0 Å². The highest BCUT2D eigenvalue weighted by molar-refractivity contribution is 7.93. The van der Waals surface area contributed by atoms with Crippen molar-refractivity contribution in [1.29, 1.82) is 0 Å². The van der Waals surface area contributed by atoms with Gasteiger partial charge in [-0.05, 0) is 25.0 Å². The van der Waals surface area contributed by atoms with E-state index in [4.69, 9.17) is 0 Å². The third kappa shape index (κ3) is 3.36. The molecule has 0 spiro atoms. The number of nitrogens with one attached hydrogen (secondary N) is 1. The number of benzene rings is 1. The molecular weight excluding hydrogens is 356 g/mol. The fourth-order valence-corrected chi connectivity index (χ4v) is 5.58. The molecule has 2 heterocycles. The van der Waals surface area contributed by atoms with Crippen molar-refractivity contribution in [2.24, 2.45) is 0 Å². The average Bonchev–Trinajstić information content (AvgIpc) is 3.10. The molecule has 0 aliphatic heterocycles. The Labute approximate surface area is 150 Å². The number of sulfonamides is 1. The monoisotopic (exact) mass is 374 g/mol. The van der Waals surface area contributed by atoms with Gasteiger partial charge in [0, 0.05) is 17.5 Å². The highest BCUT2D eigenvalue weighted by Crippen LogP contribution is 2.35. The van der Waals surface area contributed by atoms with Crippen LogP contribution in [0.15, 0.2) is 41.4 Å². The smallest absolute Gasteiger partial charge is 0.255 e. The van der Waals surface area contributed by atoms with Gasteiger partial charge in [0.25, 0.3) is 10.0 Å². The predicted molar refractivity (Wildman–Crippen MR) is 98.3 cm³/mol. The second-order valence-corrected chi connectivity index (χ2v) is 8.88. The van der Waals surface area contributed by atoms with Gasteiger partial charge in [-0.2, -0.15) is 0 Å². The normalized spacial score (nSPS) is 16.2. The first-order chi connectivity index (χ1) is 12.1. The minimum Gasteiger partial charge on any atom is -0.255 e. The molecule has 1 aromatic carbocycles. The summed E-state index contributed by atoms with van der Waals surface area (Å²) in [7, 11) is -3.76. The van der Waals surface area contributed by atoms with E-state index in [0.29, 0.717) is 16.6 Å². The molecule has 4 rings (SSSR count). The Morgan fingerprint density at radius 3 is 2.68 bits per heavy atom. The van der Waals surface area contributed by atoms with E-state index in [9.17, 15) is 8.42 Å². The summed E-state index contributed by atoms with van der Waals surface area (Å²) in [5.74, 6) is 0.406. The molecule has 3 aromatic rings. The second-order valence-electron chi connectivity index (χ2n) is 6.22. The summed E-state index contributed by atoms with van der Waals surface area (Å²) in [6, 6.07) is 8.74. The number of fused-ring (bicyclic) bond motifs is 1. The molecule has 2 aromatic heterocycles. The maximum atomic E-state index is 12.8. The van der Waals surface area contributed by atoms with E-state index in [1.807, 2.05) is 12.1 Å². The summed E-state index contributed by atoms with van der Waals surface area (Å²) in [6.07, 6.45) is 7.47. The molecule has 1 aliphatic rings. The van der Waals surface area contributed by atoms with Crippen LogP contribution in [0, 0.1) is 0 Å². The van der Waals surface area contributed by atoms with Crippen LogP contribution >= 0.6 is 11.3 Å². The zero-order chi connectivity index (χ0) is 17.3. The van der Waals surface area contributed by atoms with Crippen LogP contribution in [0.25, 0.3) is 10.9 Å². The minimum atomic E-state index is -3.76. The van der Waals surface area contributed by atoms with E-state index in [1.54, 1.807) is 24.4 Å². The zero-order valence-corrected chi connectivity index (χ0v) is 15.2. The summed E-state index contributed by atoms with van der Waals surface area (Å²) >= 11 is 1.33. The number of rotatable bonds is 4. The highest BCUT2D eigenvalue weighted by Gasteiger charge is 2.23. The van der Waals surface area contributed by atoms with Crippen molar-refractivity contribution < 1.29 is 8.42 Å². The van der Waals surface area contributed by atoms with Crippen molar-refractivity contribution in [1.82, 2.24) is 15.2 Å². The van der Waals surface area contributed by atoms with Gasteiger partial charge in [-0.3, -0.25) is 9.71 Å². The largest absolute Gasteiger partial charge is 0.265 e. The van der Waals surface area contributed by atoms with Crippen molar-refractivity contribution in [3.05, 3.63) is 41.5 Å². The molecule has 1 aliphatic carbocycles. The Hall–Kier alpha value is -2.06. The molecule has 0 saturated heterocycles. The quantitative estimate of drug-likeness (QED) is 0.748. The molecule has 8 heteroatoms. The van der Waals surface area contributed by atoms with Crippen LogP contribution in [0.4, 0.5) is 5.13 Å². The fraction of sp³-hybridized carbons (Fsp3) is 0.353. The molecule has 0 atom stereocenters. The summed E-state index contributed by atoms with van der Waals surface area (Å²) in [6.45, 7) is 0. The first-order valence-corrected chi connectivity index (χ1v) is 10.6. The zero-order valence-electron chi connectivity index (χ0n) is 13.6. The molecule has 130 valence electrons. The number of hydrogen-bond donors (Lipinski definition) is 1. The Bertz CT molecular complexity index is 989. The van der Waals surface area contributed by atoms with Crippen LogP contribution in [-0.2, 0) is 10.0 Å². The van der Waals surface area contributed by atoms with Crippen molar-refractivity contribution in [3.63, 3.8) is 0 Å². The minimum absolute atomic E-state index is 0.153. The molecular formula is C17H18N4O2S2. The molecule has 0 bridgehead atoms. The number of para-hydroxylation sites is 1. The third-order valence-corrected chi connectivity index (χ3v) is 7.00. The summed E-state index contributed by atoms with van der Waals surface area (Å²) < 4.78 is 28.1. The van der Waals surface area contributed by atoms with Gasteiger partial charge in [-0.25, -0.2) is 8.42 Å². The number of nitrogens with zero attached hydrogens (tertiary/aromatic N) is 3. The van der Waals surface area contributed by atoms with E-state index in [0.717, 1.165) is 23.2 Å². The highest BCUT2D eigenvalue weighted by atomic mass is 32.2. The van der Waals surface area contributed by atoms with Gasteiger partial charge in [0.1, 0.15) is 9.90 Å². The Morgan fingerprint density at radius 1 is 1.04 bits per heavy atom. The molecule has 0 unspecified atom stereocenters. The number of anilines is 1. The average molecular weight is 374 g/mol. The molecule has 0 amide bonds. The van der Waals surface area contributed by atoms with E-state index in [-0.39, 0.29) is 4.90 Å². The standard InChI is InChI=1S/C17H18N4O2S2/c22-25(23,14-10-4-8-12-9-5-11-18-15(12)14)21-17-20-19-16(24-17)13-6-2-1-3-7-13/h4-5,8-11,13H,1-3,6-7H2,(H,20,21). The lowest BCUT2D eigenvalue weighted by Crippen LogP contribution is -2.13.